The van der Waals surface area contributed by atoms with E-state index in [9.17, 15) is 4.79 Å². The third-order valence-corrected chi connectivity index (χ3v) is 5.29. The lowest BCUT2D eigenvalue weighted by Gasteiger charge is -2.31. The molecule has 25 heavy (non-hydrogen) atoms. The molecule has 0 radical (unpaired) electrons. The minimum Gasteiger partial charge on any atom is -0.347 e. The third kappa shape index (κ3) is 3.58. The first-order valence-corrected chi connectivity index (χ1v) is 9.15. The Kier molecular flexibility index (Phi) is 4.51. The van der Waals surface area contributed by atoms with E-state index in [0.29, 0.717) is 18.2 Å². The van der Waals surface area contributed by atoms with E-state index >= 15 is 0 Å². The summed E-state index contributed by atoms with van der Waals surface area (Å²) in [6, 6.07) is 5.32. The zero-order valence-electron chi connectivity index (χ0n) is 13.7. The molecule has 0 bridgehead atoms. The van der Waals surface area contributed by atoms with Crippen molar-refractivity contribution >= 4 is 16.5 Å². The average molecular weight is 354 g/mol. The maximum atomic E-state index is 12.4. The van der Waals surface area contributed by atoms with Crippen LogP contribution in [0.1, 0.15) is 12.8 Å². The van der Waals surface area contributed by atoms with Gasteiger partial charge in [0.25, 0.3) is 5.56 Å². The molecule has 0 aliphatic carbocycles. The fraction of sp³-hybridized carbons (Fsp3) is 0.353. The van der Waals surface area contributed by atoms with Gasteiger partial charge in [0.1, 0.15) is 5.51 Å². The number of hydrogen-bond acceptors (Lipinski definition) is 7. The van der Waals surface area contributed by atoms with E-state index in [1.165, 1.54) is 0 Å². The van der Waals surface area contributed by atoms with Crippen LogP contribution in [0.15, 0.2) is 47.2 Å². The standard InChI is InChI=1S/C17H18N6OS/c24-16-9-15(14-1-5-18-6-2-14)19-11-23(16)10-13-3-7-22(8-4-13)17-21-20-12-25-17/h1-2,5-6,9,11-13H,3-4,7-8,10H2. The summed E-state index contributed by atoms with van der Waals surface area (Å²) < 4.78 is 1.72. The number of aromatic nitrogens is 5. The molecule has 0 N–H and O–H groups in total. The van der Waals surface area contributed by atoms with E-state index in [1.54, 1.807) is 46.2 Å². The minimum atomic E-state index is -0.00614. The fourth-order valence-electron chi connectivity index (χ4n) is 3.13. The molecule has 128 valence electrons. The molecule has 7 nitrogen and oxygen atoms in total. The monoisotopic (exact) mass is 354 g/mol. The number of anilines is 1. The van der Waals surface area contributed by atoms with Gasteiger partial charge in [-0.15, -0.1) is 10.2 Å². The van der Waals surface area contributed by atoms with E-state index in [2.05, 4.69) is 25.1 Å². The molecular formula is C17H18N6OS. The number of nitrogens with zero attached hydrogens (tertiary/aromatic N) is 6. The molecular weight excluding hydrogens is 336 g/mol. The predicted octanol–water partition coefficient (Wildman–Crippen LogP) is 2.07. The lowest BCUT2D eigenvalue weighted by molar-refractivity contribution is 0.351. The largest absolute Gasteiger partial charge is 0.347 e. The zero-order chi connectivity index (χ0) is 17.1. The van der Waals surface area contributed by atoms with Crippen LogP contribution in [0.3, 0.4) is 0 Å². The van der Waals surface area contributed by atoms with Gasteiger partial charge in [0, 0.05) is 43.7 Å². The molecule has 1 saturated heterocycles. The Bertz CT molecular complexity index is 872. The quantitative estimate of drug-likeness (QED) is 0.714. The molecule has 0 amide bonds. The van der Waals surface area contributed by atoms with Crippen LogP contribution in [0.25, 0.3) is 11.3 Å². The maximum Gasteiger partial charge on any atom is 0.253 e. The normalized spacial score (nSPS) is 15.4. The van der Waals surface area contributed by atoms with Crippen molar-refractivity contribution in [2.24, 2.45) is 5.92 Å². The molecule has 0 aromatic carbocycles. The molecule has 0 atom stereocenters. The Morgan fingerprint density at radius 3 is 2.68 bits per heavy atom. The summed E-state index contributed by atoms with van der Waals surface area (Å²) in [5, 5.41) is 9.01. The van der Waals surface area contributed by atoms with Crippen LogP contribution in [0.2, 0.25) is 0 Å². The van der Waals surface area contributed by atoms with Gasteiger partial charge in [0.2, 0.25) is 5.13 Å². The number of rotatable bonds is 4. The van der Waals surface area contributed by atoms with Gasteiger partial charge in [-0.3, -0.25) is 14.3 Å². The van der Waals surface area contributed by atoms with Crippen molar-refractivity contribution < 1.29 is 0 Å². The molecule has 0 spiro atoms. The summed E-state index contributed by atoms with van der Waals surface area (Å²) >= 11 is 1.57. The van der Waals surface area contributed by atoms with Crippen LogP contribution in [0.5, 0.6) is 0 Å². The molecule has 3 aromatic heterocycles. The van der Waals surface area contributed by atoms with Crippen LogP contribution in [-0.4, -0.2) is 37.8 Å². The molecule has 0 unspecified atom stereocenters. The first kappa shape index (κ1) is 15.9. The van der Waals surface area contributed by atoms with Gasteiger partial charge >= 0.3 is 0 Å². The number of hydrogen-bond donors (Lipinski definition) is 0. The molecule has 4 rings (SSSR count). The predicted molar refractivity (Wildman–Crippen MR) is 96.6 cm³/mol. The highest BCUT2D eigenvalue weighted by molar-refractivity contribution is 7.13. The Morgan fingerprint density at radius 1 is 1.20 bits per heavy atom. The van der Waals surface area contributed by atoms with Gasteiger partial charge in [-0.1, -0.05) is 11.3 Å². The second-order valence-corrected chi connectivity index (χ2v) is 6.96. The summed E-state index contributed by atoms with van der Waals surface area (Å²) in [6.45, 7) is 2.63. The Hall–Kier alpha value is -2.61. The average Bonchev–Trinajstić information content (AvgIpc) is 3.19. The van der Waals surface area contributed by atoms with E-state index in [4.69, 9.17) is 0 Å². The molecule has 1 aliphatic rings. The van der Waals surface area contributed by atoms with Crippen LogP contribution in [-0.2, 0) is 6.54 Å². The van der Waals surface area contributed by atoms with Crippen LogP contribution >= 0.6 is 11.3 Å². The van der Waals surface area contributed by atoms with Crippen molar-refractivity contribution in [3.05, 3.63) is 52.8 Å². The van der Waals surface area contributed by atoms with Crippen LogP contribution < -0.4 is 10.5 Å². The van der Waals surface area contributed by atoms with Crippen molar-refractivity contribution in [2.75, 3.05) is 18.0 Å². The lowest BCUT2D eigenvalue weighted by Crippen LogP contribution is -2.36. The van der Waals surface area contributed by atoms with Crippen molar-refractivity contribution in [1.29, 1.82) is 0 Å². The highest BCUT2D eigenvalue weighted by Crippen LogP contribution is 2.24. The van der Waals surface area contributed by atoms with Crippen molar-refractivity contribution in [3.63, 3.8) is 0 Å². The molecule has 4 heterocycles. The van der Waals surface area contributed by atoms with E-state index in [-0.39, 0.29) is 5.56 Å². The zero-order valence-corrected chi connectivity index (χ0v) is 14.5. The van der Waals surface area contributed by atoms with E-state index < -0.39 is 0 Å². The highest BCUT2D eigenvalue weighted by Gasteiger charge is 2.21. The van der Waals surface area contributed by atoms with E-state index in [0.717, 1.165) is 36.6 Å². The summed E-state index contributed by atoms with van der Waals surface area (Å²) in [7, 11) is 0. The summed E-state index contributed by atoms with van der Waals surface area (Å²) in [5.41, 5.74) is 3.35. The van der Waals surface area contributed by atoms with Crippen LogP contribution in [0, 0.1) is 5.92 Å². The first-order chi connectivity index (χ1) is 12.3. The smallest absolute Gasteiger partial charge is 0.253 e. The van der Waals surface area contributed by atoms with Gasteiger partial charge in [-0.2, -0.15) is 0 Å². The van der Waals surface area contributed by atoms with Crippen molar-refractivity contribution in [2.45, 2.75) is 19.4 Å². The summed E-state index contributed by atoms with van der Waals surface area (Å²) in [4.78, 5) is 23.1. The van der Waals surface area contributed by atoms with Crippen molar-refractivity contribution in [3.8, 4) is 11.3 Å². The SMILES string of the molecule is O=c1cc(-c2ccncc2)ncn1CC1CCN(c2nncs2)CC1. The third-order valence-electron chi connectivity index (χ3n) is 4.54. The molecule has 1 fully saturated rings. The van der Waals surface area contributed by atoms with Gasteiger partial charge in [-0.25, -0.2) is 4.98 Å². The second kappa shape index (κ2) is 7.10. The topological polar surface area (TPSA) is 76.8 Å². The highest BCUT2D eigenvalue weighted by atomic mass is 32.1. The fourth-order valence-corrected chi connectivity index (χ4v) is 3.75. The van der Waals surface area contributed by atoms with Gasteiger partial charge in [0.15, 0.2) is 0 Å². The van der Waals surface area contributed by atoms with E-state index in [1.807, 2.05) is 12.1 Å². The number of piperidine rings is 1. The van der Waals surface area contributed by atoms with Gasteiger partial charge < -0.3 is 4.90 Å². The summed E-state index contributed by atoms with van der Waals surface area (Å²) in [6.07, 6.45) is 7.15. The maximum absolute atomic E-state index is 12.4. The Balaban J connectivity index is 1.41. The molecule has 3 aromatic rings. The minimum absolute atomic E-state index is 0.00614. The second-order valence-electron chi connectivity index (χ2n) is 6.15. The van der Waals surface area contributed by atoms with Gasteiger partial charge in [-0.05, 0) is 30.9 Å². The summed E-state index contributed by atoms with van der Waals surface area (Å²) in [5.74, 6) is 0.482. The van der Waals surface area contributed by atoms with Gasteiger partial charge in [0.05, 0.1) is 12.0 Å². The molecule has 1 aliphatic heterocycles. The lowest BCUT2D eigenvalue weighted by atomic mass is 9.97. The Morgan fingerprint density at radius 2 is 2.00 bits per heavy atom. The Labute approximate surface area is 149 Å². The number of pyridine rings is 1. The van der Waals surface area contributed by atoms with Crippen molar-refractivity contribution in [1.82, 2.24) is 24.7 Å². The van der Waals surface area contributed by atoms with Crippen LogP contribution in [0.4, 0.5) is 5.13 Å². The first-order valence-electron chi connectivity index (χ1n) is 8.27. The molecule has 8 heteroatoms. The molecule has 0 saturated carbocycles.